The zero-order valence-corrected chi connectivity index (χ0v) is 22.3. The van der Waals surface area contributed by atoms with E-state index in [0.29, 0.717) is 15.8 Å². The number of thiazole rings is 1. The number of amides is 1. The van der Waals surface area contributed by atoms with E-state index < -0.39 is 27.9 Å². The average molecular weight is 546 g/mol. The summed E-state index contributed by atoms with van der Waals surface area (Å²) in [7, 11) is -2.08. The Balaban J connectivity index is 1.70. The number of carbonyl (C=O) groups is 3. The van der Waals surface area contributed by atoms with Gasteiger partial charge in [0, 0.05) is 18.7 Å². The van der Waals surface area contributed by atoms with Crippen LogP contribution in [0, 0.1) is 0 Å². The Kier molecular flexibility index (Phi) is 7.90. The van der Waals surface area contributed by atoms with E-state index in [4.69, 9.17) is 9.47 Å². The van der Waals surface area contributed by atoms with Gasteiger partial charge in [0.15, 0.2) is 4.80 Å². The molecule has 0 bridgehead atoms. The first-order valence-corrected chi connectivity index (χ1v) is 14.0. The molecular weight excluding hydrogens is 518 g/mol. The lowest BCUT2D eigenvalue weighted by atomic mass is 10.2. The zero-order valence-electron chi connectivity index (χ0n) is 20.7. The van der Waals surface area contributed by atoms with E-state index in [0.717, 1.165) is 24.2 Å². The number of sulfonamides is 1. The maximum Gasteiger partial charge on any atom is 0.338 e. The standard InChI is InChI=1S/C25H27N3O7S2/c1-4-34-22(29)15-28-20-13-8-17(24(31)35-5-2)14-21(20)36-25(28)26-23(30)16-6-11-19(12-7-16)37(32,33)27(3)18-9-10-18/h6-8,11-14,18H,4-5,9-10,15H2,1-3H3. The maximum absolute atomic E-state index is 13.0. The van der Waals surface area contributed by atoms with Crippen LogP contribution in [0.5, 0.6) is 0 Å². The molecule has 10 nitrogen and oxygen atoms in total. The Morgan fingerprint density at radius 3 is 2.30 bits per heavy atom. The van der Waals surface area contributed by atoms with Crippen LogP contribution in [0.2, 0.25) is 0 Å². The van der Waals surface area contributed by atoms with Gasteiger partial charge in [-0.05, 0) is 69.2 Å². The van der Waals surface area contributed by atoms with Crippen molar-refractivity contribution in [2.75, 3.05) is 20.3 Å². The van der Waals surface area contributed by atoms with Crippen molar-refractivity contribution in [2.45, 2.75) is 44.2 Å². The highest BCUT2D eigenvalue weighted by Crippen LogP contribution is 2.30. The first-order valence-electron chi connectivity index (χ1n) is 11.8. The van der Waals surface area contributed by atoms with Gasteiger partial charge in [-0.3, -0.25) is 9.59 Å². The molecule has 1 aliphatic carbocycles. The number of nitrogens with zero attached hydrogens (tertiary/aromatic N) is 3. The molecule has 3 aromatic rings. The van der Waals surface area contributed by atoms with Gasteiger partial charge < -0.3 is 14.0 Å². The fourth-order valence-electron chi connectivity index (χ4n) is 3.71. The Labute approximate surface area is 218 Å². The topological polar surface area (TPSA) is 124 Å². The molecule has 1 aromatic heterocycles. The largest absolute Gasteiger partial charge is 0.465 e. The first kappa shape index (κ1) is 26.7. The van der Waals surface area contributed by atoms with Gasteiger partial charge in [0.05, 0.1) is 33.9 Å². The Bertz CT molecular complexity index is 1520. The monoisotopic (exact) mass is 545 g/mol. The van der Waals surface area contributed by atoms with Crippen molar-refractivity contribution < 1.29 is 32.3 Å². The smallest absolute Gasteiger partial charge is 0.338 e. The van der Waals surface area contributed by atoms with E-state index in [1.165, 1.54) is 28.6 Å². The van der Waals surface area contributed by atoms with Crippen LogP contribution in [0.3, 0.4) is 0 Å². The molecule has 0 atom stereocenters. The number of benzene rings is 2. The maximum atomic E-state index is 13.0. The van der Waals surface area contributed by atoms with Crippen LogP contribution >= 0.6 is 11.3 Å². The number of hydrogen-bond acceptors (Lipinski definition) is 8. The highest BCUT2D eigenvalue weighted by atomic mass is 32.2. The fraction of sp³-hybridized carbons (Fsp3) is 0.360. The molecule has 0 spiro atoms. The number of rotatable bonds is 9. The zero-order chi connectivity index (χ0) is 26.7. The second kappa shape index (κ2) is 11.0. The summed E-state index contributed by atoms with van der Waals surface area (Å²) >= 11 is 1.14. The van der Waals surface area contributed by atoms with E-state index in [1.807, 2.05) is 0 Å². The van der Waals surface area contributed by atoms with Gasteiger partial charge >= 0.3 is 11.9 Å². The van der Waals surface area contributed by atoms with Crippen molar-refractivity contribution >= 4 is 49.4 Å². The second-order valence-corrected chi connectivity index (χ2v) is 11.4. The molecule has 0 unspecified atom stereocenters. The second-order valence-electron chi connectivity index (χ2n) is 8.37. The van der Waals surface area contributed by atoms with E-state index in [-0.39, 0.29) is 41.1 Å². The molecule has 1 saturated carbocycles. The summed E-state index contributed by atoms with van der Waals surface area (Å²) in [6, 6.07) is 10.5. The van der Waals surface area contributed by atoms with Gasteiger partial charge in [0.2, 0.25) is 10.0 Å². The summed E-state index contributed by atoms with van der Waals surface area (Å²) in [5, 5.41) is 0. The van der Waals surface area contributed by atoms with Crippen LogP contribution in [0.15, 0.2) is 52.4 Å². The third-order valence-corrected chi connectivity index (χ3v) is 8.79. The average Bonchev–Trinajstić information content (AvgIpc) is 3.67. The fourth-order valence-corrected chi connectivity index (χ4v) is 6.19. The van der Waals surface area contributed by atoms with Crippen LogP contribution in [-0.2, 0) is 30.8 Å². The Morgan fingerprint density at radius 2 is 1.68 bits per heavy atom. The van der Waals surface area contributed by atoms with Gasteiger partial charge in [0.1, 0.15) is 6.54 Å². The lowest BCUT2D eigenvalue weighted by molar-refractivity contribution is -0.143. The van der Waals surface area contributed by atoms with E-state index in [1.54, 1.807) is 43.7 Å². The summed E-state index contributed by atoms with van der Waals surface area (Å²) < 4.78 is 39.1. The predicted octanol–water partition coefficient (Wildman–Crippen LogP) is 2.97. The number of ether oxygens (including phenoxy) is 2. The summed E-state index contributed by atoms with van der Waals surface area (Å²) in [4.78, 5) is 42.0. The van der Waals surface area contributed by atoms with Gasteiger partial charge in [-0.15, -0.1) is 0 Å². The van der Waals surface area contributed by atoms with Gasteiger partial charge in [0.25, 0.3) is 5.91 Å². The van der Waals surface area contributed by atoms with Gasteiger partial charge in [-0.1, -0.05) is 11.3 Å². The van der Waals surface area contributed by atoms with Crippen LogP contribution in [-0.4, -0.2) is 61.4 Å². The minimum atomic E-state index is -3.64. The molecular formula is C25H27N3O7S2. The predicted molar refractivity (Wildman–Crippen MR) is 137 cm³/mol. The van der Waals surface area contributed by atoms with Gasteiger partial charge in [-0.25, -0.2) is 13.2 Å². The normalized spacial score (nSPS) is 14.2. The Morgan fingerprint density at radius 1 is 1.03 bits per heavy atom. The highest BCUT2D eigenvalue weighted by Gasteiger charge is 2.35. The lowest BCUT2D eigenvalue weighted by Gasteiger charge is -2.16. The van der Waals surface area contributed by atoms with Crippen LogP contribution in [0.4, 0.5) is 0 Å². The molecule has 37 heavy (non-hydrogen) atoms. The summed E-state index contributed by atoms with van der Waals surface area (Å²) in [5.41, 5.74) is 1.13. The van der Waals surface area contributed by atoms with Gasteiger partial charge in [-0.2, -0.15) is 9.30 Å². The van der Waals surface area contributed by atoms with Crippen LogP contribution in [0.1, 0.15) is 47.4 Å². The molecule has 12 heteroatoms. The summed E-state index contributed by atoms with van der Waals surface area (Å²) in [5.74, 6) is -1.58. The van der Waals surface area contributed by atoms with E-state index in [9.17, 15) is 22.8 Å². The number of fused-ring (bicyclic) bond motifs is 1. The van der Waals surface area contributed by atoms with Crippen molar-refractivity contribution in [3.8, 4) is 0 Å². The molecule has 2 aromatic carbocycles. The van der Waals surface area contributed by atoms with Crippen molar-refractivity contribution in [2.24, 2.45) is 4.99 Å². The van der Waals surface area contributed by atoms with Crippen LogP contribution in [0.25, 0.3) is 10.2 Å². The first-order chi connectivity index (χ1) is 17.6. The number of aromatic nitrogens is 1. The number of esters is 2. The third kappa shape index (κ3) is 5.81. The third-order valence-electron chi connectivity index (χ3n) is 5.82. The van der Waals surface area contributed by atoms with Crippen molar-refractivity contribution in [1.82, 2.24) is 8.87 Å². The van der Waals surface area contributed by atoms with E-state index in [2.05, 4.69) is 4.99 Å². The summed E-state index contributed by atoms with van der Waals surface area (Å²) in [6.07, 6.45) is 1.68. The van der Waals surface area contributed by atoms with Crippen molar-refractivity contribution in [3.05, 3.63) is 58.4 Å². The van der Waals surface area contributed by atoms with Crippen LogP contribution < -0.4 is 4.80 Å². The lowest BCUT2D eigenvalue weighted by Crippen LogP contribution is -2.28. The summed E-state index contributed by atoms with van der Waals surface area (Å²) in [6.45, 7) is 3.66. The molecule has 0 saturated heterocycles. The molecule has 1 fully saturated rings. The quantitative estimate of drug-likeness (QED) is 0.379. The van der Waals surface area contributed by atoms with E-state index >= 15 is 0 Å². The molecule has 0 aliphatic heterocycles. The molecule has 196 valence electrons. The molecule has 4 rings (SSSR count). The molecule has 1 aliphatic rings. The van der Waals surface area contributed by atoms with Crippen molar-refractivity contribution in [1.29, 1.82) is 0 Å². The number of carbonyl (C=O) groups excluding carboxylic acids is 3. The number of hydrogen-bond donors (Lipinski definition) is 0. The molecule has 1 amide bonds. The molecule has 1 heterocycles. The minimum absolute atomic E-state index is 0.0217. The highest BCUT2D eigenvalue weighted by molar-refractivity contribution is 7.89. The van der Waals surface area contributed by atoms with Crippen molar-refractivity contribution in [3.63, 3.8) is 0 Å². The SMILES string of the molecule is CCOC(=O)Cn1c(=NC(=O)c2ccc(S(=O)(=O)N(C)C3CC3)cc2)sc2cc(C(=O)OCC)ccc21. The minimum Gasteiger partial charge on any atom is -0.465 e. The Hall–Kier alpha value is -3.35. The molecule has 0 N–H and O–H groups in total. The molecule has 0 radical (unpaired) electrons.